The summed E-state index contributed by atoms with van der Waals surface area (Å²) in [5.74, 6) is -0.483. The zero-order chi connectivity index (χ0) is 12.0. The van der Waals surface area contributed by atoms with Gasteiger partial charge in [0.05, 0.1) is 11.9 Å². The van der Waals surface area contributed by atoms with Gasteiger partial charge in [-0.25, -0.2) is 0 Å². The molecule has 5 nitrogen and oxygen atoms in total. The molecule has 2 atom stereocenters. The number of nitrogens with two attached hydrogens (primary N) is 2. The van der Waals surface area contributed by atoms with Gasteiger partial charge in [0.15, 0.2) is 0 Å². The van der Waals surface area contributed by atoms with Crippen LogP contribution in [0.15, 0.2) is 16.6 Å². The van der Waals surface area contributed by atoms with Crippen LogP contribution >= 0.6 is 0 Å². The van der Waals surface area contributed by atoms with Crippen LogP contribution in [-0.2, 0) is 4.79 Å². The van der Waals surface area contributed by atoms with Crippen LogP contribution in [0.2, 0.25) is 0 Å². The number of aliphatic imine (C=N–C) groups is 1. The highest BCUT2D eigenvalue weighted by Crippen LogP contribution is 2.06. The SMILES string of the molecule is CC(N)=NC(C)/C=C(\C)C[C@H](N)C(=O)O. The second-order valence-corrected chi connectivity index (χ2v) is 3.67. The summed E-state index contributed by atoms with van der Waals surface area (Å²) in [6.45, 7) is 5.43. The van der Waals surface area contributed by atoms with Crippen molar-refractivity contribution in [2.75, 3.05) is 0 Å². The fourth-order valence-corrected chi connectivity index (χ4v) is 1.27. The van der Waals surface area contributed by atoms with Crippen LogP contribution in [0.4, 0.5) is 0 Å². The molecule has 0 heterocycles. The van der Waals surface area contributed by atoms with E-state index in [4.69, 9.17) is 16.6 Å². The van der Waals surface area contributed by atoms with Crippen molar-refractivity contribution in [1.82, 2.24) is 0 Å². The average molecular weight is 213 g/mol. The second-order valence-electron chi connectivity index (χ2n) is 3.67. The van der Waals surface area contributed by atoms with Crippen molar-refractivity contribution in [2.24, 2.45) is 16.5 Å². The zero-order valence-corrected chi connectivity index (χ0v) is 9.40. The first kappa shape index (κ1) is 13.6. The normalized spacial score (nSPS) is 17.3. The number of hydrogen-bond acceptors (Lipinski definition) is 3. The van der Waals surface area contributed by atoms with Crippen molar-refractivity contribution < 1.29 is 9.90 Å². The number of aliphatic carboxylic acids is 1. The maximum absolute atomic E-state index is 10.5. The zero-order valence-electron chi connectivity index (χ0n) is 9.40. The van der Waals surface area contributed by atoms with Gasteiger partial charge in [-0.2, -0.15) is 0 Å². The Morgan fingerprint density at radius 1 is 1.53 bits per heavy atom. The monoisotopic (exact) mass is 213 g/mol. The van der Waals surface area contributed by atoms with Gasteiger partial charge in [0, 0.05) is 0 Å². The number of carbonyl (C=O) groups is 1. The summed E-state index contributed by atoms with van der Waals surface area (Å²) in [7, 11) is 0. The minimum absolute atomic E-state index is 0.0454. The van der Waals surface area contributed by atoms with Gasteiger partial charge in [-0.15, -0.1) is 0 Å². The van der Waals surface area contributed by atoms with E-state index < -0.39 is 12.0 Å². The molecule has 0 amide bonds. The van der Waals surface area contributed by atoms with Crippen molar-refractivity contribution in [1.29, 1.82) is 0 Å². The average Bonchev–Trinajstić information content (AvgIpc) is 2.00. The van der Waals surface area contributed by atoms with Crippen molar-refractivity contribution in [3.05, 3.63) is 11.6 Å². The molecule has 0 radical (unpaired) electrons. The van der Waals surface area contributed by atoms with Crippen molar-refractivity contribution >= 4 is 11.8 Å². The third kappa shape index (κ3) is 6.68. The Balaban J connectivity index is 4.32. The fourth-order valence-electron chi connectivity index (χ4n) is 1.27. The van der Waals surface area contributed by atoms with Crippen LogP contribution in [0.3, 0.4) is 0 Å². The minimum atomic E-state index is -0.992. The lowest BCUT2D eigenvalue weighted by Gasteiger charge is -2.08. The van der Waals surface area contributed by atoms with Crippen LogP contribution in [0.5, 0.6) is 0 Å². The third-order valence-corrected chi connectivity index (χ3v) is 1.79. The molecule has 0 fully saturated rings. The van der Waals surface area contributed by atoms with E-state index in [2.05, 4.69) is 4.99 Å². The molecule has 0 aliphatic rings. The van der Waals surface area contributed by atoms with E-state index in [1.165, 1.54) is 0 Å². The van der Waals surface area contributed by atoms with E-state index in [1.54, 1.807) is 6.92 Å². The Labute approximate surface area is 89.9 Å². The molecule has 86 valence electrons. The summed E-state index contributed by atoms with van der Waals surface area (Å²) in [5, 5.41) is 8.61. The Kier molecular flexibility index (Phi) is 5.62. The second kappa shape index (κ2) is 6.19. The number of rotatable bonds is 5. The molecule has 15 heavy (non-hydrogen) atoms. The van der Waals surface area contributed by atoms with Crippen LogP contribution in [0.25, 0.3) is 0 Å². The molecule has 0 aliphatic carbocycles. The maximum Gasteiger partial charge on any atom is 0.320 e. The topological polar surface area (TPSA) is 102 Å². The molecule has 0 aromatic carbocycles. The van der Waals surface area contributed by atoms with Crippen LogP contribution in [-0.4, -0.2) is 29.0 Å². The van der Waals surface area contributed by atoms with E-state index in [0.717, 1.165) is 5.57 Å². The third-order valence-electron chi connectivity index (χ3n) is 1.79. The number of carboxylic acids is 1. The standard InChI is InChI=1S/C10H19N3O2/c1-6(5-9(12)10(14)15)4-7(2)13-8(3)11/h4,7,9H,5,12H2,1-3H3,(H2,11,13)(H,14,15)/b6-4+/t7?,9-/m0/s1. The Bertz CT molecular complexity index is 280. The molecule has 5 N–H and O–H groups in total. The van der Waals surface area contributed by atoms with Gasteiger partial charge in [-0.1, -0.05) is 11.6 Å². The first-order chi connectivity index (χ1) is 6.82. The summed E-state index contributed by atoms with van der Waals surface area (Å²) in [4.78, 5) is 14.6. The minimum Gasteiger partial charge on any atom is -0.480 e. The molecule has 0 aromatic heterocycles. The number of hydrogen-bond donors (Lipinski definition) is 3. The predicted octanol–water partition coefficient (Wildman–Crippen LogP) is 0.500. The summed E-state index contributed by atoms with van der Waals surface area (Å²) < 4.78 is 0. The molecule has 0 aromatic rings. The van der Waals surface area contributed by atoms with Gasteiger partial charge in [-0.05, 0) is 27.2 Å². The molecule has 0 rings (SSSR count). The highest BCUT2D eigenvalue weighted by molar-refractivity contribution is 5.77. The number of amidine groups is 1. The van der Waals surface area contributed by atoms with E-state index in [1.807, 2.05) is 19.9 Å². The first-order valence-electron chi connectivity index (χ1n) is 4.78. The van der Waals surface area contributed by atoms with Gasteiger partial charge in [-0.3, -0.25) is 9.79 Å². The largest absolute Gasteiger partial charge is 0.480 e. The summed E-state index contributed by atoms with van der Waals surface area (Å²) in [6.07, 6.45) is 2.19. The number of carboxylic acid groups (broad SMARTS) is 1. The lowest BCUT2D eigenvalue weighted by molar-refractivity contribution is -0.138. The summed E-state index contributed by atoms with van der Waals surface area (Å²) in [6, 6.07) is -0.896. The molecule has 5 heteroatoms. The molecular formula is C10H19N3O2. The van der Waals surface area contributed by atoms with Gasteiger partial charge < -0.3 is 16.6 Å². The van der Waals surface area contributed by atoms with Gasteiger partial charge >= 0.3 is 5.97 Å². The van der Waals surface area contributed by atoms with Gasteiger partial charge in [0.1, 0.15) is 6.04 Å². The highest BCUT2D eigenvalue weighted by Gasteiger charge is 2.11. The Morgan fingerprint density at radius 3 is 2.47 bits per heavy atom. The highest BCUT2D eigenvalue weighted by atomic mass is 16.4. The summed E-state index contributed by atoms with van der Waals surface area (Å²) >= 11 is 0. The van der Waals surface area contributed by atoms with Crippen LogP contribution in [0.1, 0.15) is 27.2 Å². The smallest absolute Gasteiger partial charge is 0.320 e. The van der Waals surface area contributed by atoms with Crippen LogP contribution < -0.4 is 11.5 Å². The fraction of sp³-hybridized carbons (Fsp3) is 0.600. The van der Waals surface area contributed by atoms with E-state index in [-0.39, 0.29) is 6.04 Å². The molecular weight excluding hydrogens is 194 g/mol. The lowest BCUT2D eigenvalue weighted by Crippen LogP contribution is -2.30. The molecule has 0 spiro atoms. The molecule has 0 saturated heterocycles. The predicted molar refractivity (Wildman–Crippen MR) is 60.7 cm³/mol. The molecule has 0 bridgehead atoms. The lowest BCUT2D eigenvalue weighted by atomic mass is 10.1. The van der Waals surface area contributed by atoms with E-state index >= 15 is 0 Å². The molecule has 0 aliphatic heterocycles. The van der Waals surface area contributed by atoms with Crippen molar-refractivity contribution in [3.63, 3.8) is 0 Å². The van der Waals surface area contributed by atoms with E-state index in [0.29, 0.717) is 12.3 Å². The molecule has 0 saturated carbocycles. The van der Waals surface area contributed by atoms with Crippen molar-refractivity contribution in [2.45, 2.75) is 39.3 Å². The number of nitrogens with zero attached hydrogens (tertiary/aromatic N) is 1. The maximum atomic E-state index is 10.5. The Hall–Kier alpha value is -1.36. The summed E-state index contributed by atoms with van der Waals surface area (Å²) in [5.41, 5.74) is 11.7. The molecule has 1 unspecified atom stereocenters. The van der Waals surface area contributed by atoms with Gasteiger partial charge in [0.2, 0.25) is 0 Å². The Morgan fingerprint density at radius 2 is 2.07 bits per heavy atom. The quantitative estimate of drug-likeness (QED) is 0.351. The van der Waals surface area contributed by atoms with Crippen molar-refractivity contribution in [3.8, 4) is 0 Å². The first-order valence-corrected chi connectivity index (χ1v) is 4.78. The van der Waals surface area contributed by atoms with E-state index in [9.17, 15) is 4.79 Å². The van der Waals surface area contributed by atoms with Crippen LogP contribution in [0, 0.1) is 0 Å². The van der Waals surface area contributed by atoms with Gasteiger partial charge in [0.25, 0.3) is 0 Å².